The molecular formula is C92H73N9O3. The van der Waals surface area contributed by atoms with Crippen molar-refractivity contribution in [1.29, 1.82) is 10.5 Å². The standard InChI is InChI=1S/C55H46N4O2.C37H27N5O/c1-54(2)27-29-58-30-28-55(3,4)50-52(58)46(54)33-35(53(50)60-6)23-24-37-31-36(47(34-56)57-5)32-38(61-37)25-26-41-39-15-7-9-19-44(39)51(45-20-10-8-16-40(41)45)59-48-21-13-11-17-42(48)43-18-12-14-22-49(43)59;1-39-35(25-38)28-23-31(20-14-26-10-16-29(17-11-26)41(2)3)43-32(24-28)21-15-27-12-18-30(19-13-27)42-36-9-5-4-7-33(36)34-8-6-22-40-37(34)42/h7-26,31-33H,27-30H2,1-4,6H3;4-24H,2-3H3/b24-23+,26-25+,47-36+;20-14+,21-15+,35-28+. The molecule has 0 fully saturated rings. The predicted molar refractivity (Wildman–Crippen MR) is 425 cm³/mol. The Morgan fingerprint density at radius 1 is 0.510 bits per heavy atom. The summed E-state index contributed by atoms with van der Waals surface area (Å²) < 4.78 is 23.6. The first-order valence-corrected chi connectivity index (χ1v) is 34.8. The van der Waals surface area contributed by atoms with E-state index in [0.29, 0.717) is 34.2 Å². The number of hydrogen-bond acceptors (Lipinski definition) is 8. The number of ether oxygens (including phenoxy) is 3. The Bertz CT molecular complexity index is 5850. The summed E-state index contributed by atoms with van der Waals surface area (Å²) >= 11 is 0. The number of methoxy groups -OCH3 is 1. The first-order chi connectivity index (χ1) is 50.6. The molecule has 12 heteroatoms. The van der Waals surface area contributed by atoms with Gasteiger partial charge in [0, 0.05) is 93.9 Å². The Morgan fingerprint density at radius 3 is 1.45 bits per heavy atom. The molecule has 0 atom stereocenters. The number of para-hydroxylation sites is 3. The van der Waals surface area contributed by atoms with Crippen LogP contribution in [0.5, 0.6) is 5.75 Å². The largest absolute Gasteiger partial charge is 0.496 e. The van der Waals surface area contributed by atoms with Gasteiger partial charge < -0.3 is 28.6 Å². The van der Waals surface area contributed by atoms with Crippen LogP contribution in [0.4, 0.5) is 11.4 Å². The second-order valence-electron chi connectivity index (χ2n) is 27.8. The zero-order valence-corrected chi connectivity index (χ0v) is 59.0. The summed E-state index contributed by atoms with van der Waals surface area (Å²) in [6.45, 7) is 26.7. The van der Waals surface area contributed by atoms with Crippen LogP contribution in [0.25, 0.3) is 111 Å². The van der Waals surface area contributed by atoms with Gasteiger partial charge in [-0.1, -0.05) is 173 Å². The van der Waals surface area contributed by atoms with E-state index in [4.69, 9.17) is 27.4 Å². The van der Waals surface area contributed by atoms with Crippen LogP contribution in [0.3, 0.4) is 0 Å². The lowest BCUT2D eigenvalue weighted by molar-refractivity contribution is 0.332. The van der Waals surface area contributed by atoms with Gasteiger partial charge in [0.15, 0.2) is 0 Å². The van der Waals surface area contributed by atoms with Crippen LogP contribution in [-0.2, 0) is 20.3 Å². The molecule has 0 spiro atoms. The van der Waals surface area contributed by atoms with Crippen LogP contribution >= 0.6 is 0 Å². The quantitative estimate of drug-likeness (QED) is 0.0675. The fraction of sp³-hybridized carbons (Fsp3) is 0.141. The van der Waals surface area contributed by atoms with Crippen molar-refractivity contribution in [3.8, 4) is 29.3 Å². The fourth-order valence-electron chi connectivity index (χ4n) is 15.0. The normalized spacial score (nSPS) is 16.2. The highest BCUT2D eigenvalue weighted by Gasteiger charge is 2.42. The minimum Gasteiger partial charge on any atom is -0.496 e. The number of hydrogen-bond donors (Lipinski definition) is 0. The van der Waals surface area contributed by atoms with E-state index in [1.807, 2.05) is 122 Å². The molecule has 4 aliphatic heterocycles. The smallest absolute Gasteiger partial charge is 0.269 e. The average Bonchev–Trinajstić information content (AvgIpc) is 0.968. The van der Waals surface area contributed by atoms with Crippen LogP contribution in [0.15, 0.2) is 288 Å². The number of rotatable bonds is 12. The number of anilines is 2. The molecule has 0 bridgehead atoms. The lowest BCUT2D eigenvalue weighted by Crippen LogP contribution is -2.45. The minimum absolute atomic E-state index is 0.00547. The summed E-state index contributed by atoms with van der Waals surface area (Å²) in [6, 6.07) is 69.6. The van der Waals surface area contributed by atoms with Gasteiger partial charge in [0.05, 0.1) is 54.6 Å². The molecule has 0 N–H and O–H groups in total. The van der Waals surface area contributed by atoms with Crippen LogP contribution < -0.4 is 14.5 Å². The molecule has 504 valence electrons. The Morgan fingerprint density at radius 2 is 0.952 bits per heavy atom. The molecule has 12 nitrogen and oxygen atoms in total. The maximum Gasteiger partial charge on any atom is 0.269 e. The first kappa shape index (κ1) is 66.5. The monoisotopic (exact) mass is 1350 g/mol. The third kappa shape index (κ3) is 12.4. The molecule has 9 aromatic carbocycles. The molecule has 0 aliphatic carbocycles. The van der Waals surface area contributed by atoms with Gasteiger partial charge in [-0.05, 0) is 183 Å². The molecule has 3 aromatic heterocycles. The summed E-state index contributed by atoms with van der Waals surface area (Å²) in [7, 11) is 5.77. The molecule has 0 saturated carbocycles. The molecule has 104 heavy (non-hydrogen) atoms. The van der Waals surface area contributed by atoms with E-state index in [2.05, 4.69) is 208 Å². The molecule has 0 saturated heterocycles. The van der Waals surface area contributed by atoms with E-state index >= 15 is 0 Å². The first-order valence-electron chi connectivity index (χ1n) is 34.8. The van der Waals surface area contributed by atoms with Crippen LogP contribution in [0.1, 0.15) is 73.9 Å². The zero-order valence-electron chi connectivity index (χ0n) is 59.0. The molecule has 7 heterocycles. The lowest BCUT2D eigenvalue weighted by Gasteiger charge is -2.48. The van der Waals surface area contributed by atoms with E-state index < -0.39 is 0 Å². The van der Waals surface area contributed by atoms with E-state index in [1.54, 1.807) is 31.4 Å². The molecule has 0 amide bonds. The Labute approximate surface area is 605 Å². The van der Waals surface area contributed by atoms with Crippen molar-refractivity contribution >= 4 is 101 Å². The number of benzene rings is 9. The summed E-state index contributed by atoms with van der Waals surface area (Å²) in [5.74, 6) is 3.01. The van der Waals surface area contributed by atoms with Gasteiger partial charge in [-0.25, -0.2) is 25.2 Å². The summed E-state index contributed by atoms with van der Waals surface area (Å²) in [5, 5.41) is 28.7. The summed E-state index contributed by atoms with van der Waals surface area (Å²) in [6.07, 6.45) is 26.6. The van der Waals surface area contributed by atoms with E-state index in [-0.39, 0.29) is 22.2 Å². The third-order valence-corrected chi connectivity index (χ3v) is 20.3. The molecule has 4 aliphatic rings. The van der Waals surface area contributed by atoms with Crippen LogP contribution in [-0.4, -0.2) is 48.4 Å². The molecule has 0 unspecified atom stereocenters. The van der Waals surface area contributed by atoms with E-state index in [1.165, 1.54) is 33.0 Å². The molecular weight excluding hydrogens is 1280 g/mol. The Hall–Kier alpha value is -13.4. The van der Waals surface area contributed by atoms with Crippen molar-refractivity contribution in [3.63, 3.8) is 0 Å². The maximum absolute atomic E-state index is 10.0. The van der Waals surface area contributed by atoms with Crippen molar-refractivity contribution in [1.82, 2.24) is 14.1 Å². The van der Waals surface area contributed by atoms with Gasteiger partial charge in [-0.3, -0.25) is 4.57 Å². The van der Waals surface area contributed by atoms with Crippen molar-refractivity contribution in [3.05, 3.63) is 345 Å². The van der Waals surface area contributed by atoms with Crippen molar-refractivity contribution in [2.45, 2.75) is 51.4 Å². The Kier molecular flexibility index (Phi) is 17.7. The van der Waals surface area contributed by atoms with E-state index in [0.717, 1.165) is 120 Å². The summed E-state index contributed by atoms with van der Waals surface area (Å²) in [5.41, 5.74) is 16.5. The van der Waals surface area contributed by atoms with Crippen molar-refractivity contribution in [2.75, 3.05) is 44.1 Å². The SMILES string of the molecule is [C-]#[N+]/C(C#N)=C1C=C(/C=C/c2cc3c4c(c2OC)C(C)(C)CCN4CCC3(C)C)OC(/C=C/c2c3ccccc3c(-n3c4ccccc4c4ccccc43)c3ccccc23)=C\1.[C-]#[N+]/C(C#N)=C1C=C(/C=C/c2ccc(N(C)C)cc2)OC(/C=C/c2ccc(-n3c4ccccc4c4cccnc43)cc2)=C\1. The molecule has 12 aromatic rings. The number of nitriles is 2. The number of pyridine rings is 1. The fourth-order valence-corrected chi connectivity index (χ4v) is 15.0. The highest BCUT2D eigenvalue weighted by molar-refractivity contribution is 6.18. The van der Waals surface area contributed by atoms with Gasteiger partial charge in [-0.2, -0.15) is 0 Å². The average molecular weight is 1350 g/mol. The van der Waals surface area contributed by atoms with Gasteiger partial charge in [-0.15, -0.1) is 0 Å². The number of aromatic nitrogens is 3. The summed E-state index contributed by atoms with van der Waals surface area (Å²) in [4.78, 5) is 16.2. The predicted octanol–water partition coefficient (Wildman–Crippen LogP) is 22.0. The maximum atomic E-state index is 10.0. The molecule has 0 radical (unpaired) electrons. The second-order valence-corrected chi connectivity index (χ2v) is 27.8. The number of fused-ring (bicyclic) bond motifs is 8. The Balaban J connectivity index is 0.000000178. The lowest BCUT2D eigenvalue weighted by atomic mass is 9.68. The zero-order chi connectivity index (χ0) is 71.8. The van der Waals surface area contributed by atoms with Gasteiger partial charge >= 0.3 is 0 Å². The number of allylic oxidation sites excluding steroid dienone is 12. The highest BCUT2D eigenvalue weighted by Crippen LogP contribution is 2.54. The highest BCUT2D eigenvalue weighted by atomic mass is 16.5. The van der Waals surface area contributed by atoms with Gasteiger partial charge in [0.1, 0.15) is 34.4 Å². The number of nitrogens with zero attached hydrogens (tertiary/aromatic N) is 9. The van der Waals surface area contributed by atoms with Crippen LogP contribution in [0, 0.1) is 35.8 Å². The second kappa shape index (κ2) is 27.6. The van der Waals surface area contributed by atoms with Crippen molar-refractivity contribution in [2.24, 2.45) is 0 Å². The van der Waals surface area contributed by atoms with Crippen LogP contribution in [0.2, 0.25) is 0 Å². The topological polar surface area (TPSA) is 113 Å². The molecule has 16 rings (SSSR count). The minimum atomic E-state index is -0.0618. The van der Waals surface area contributed by atoms with Gasteiger partial charge in [0.25, 0.3) is 11.4 Å². The van der Waals surface area contributed by atoms with Crippen molar-refractivity contribution < 1.29 is 14.2 Å². The third-order valence-electron chi connectivity index (χ3n) is 20.3. The van der Waals surface area contributed by atoms with Gasteiger partial charge in [0.2, 0.25) is 0 Å². The van der Waals surface area contributed by atoms with E-state index in [9.17, 15) is 10.5 Å².